The Balaban J connectivity index is 1.54. The van der Waals surface area contributed by atoms with Gasteiger partial charge in [0.1, 0.15) is 5.01 Å². The summed E-state index contributed by atoms with van der Waals surface area (Å²) in [4.78, 5) is 32.8. The van der Waals surface area contributed by atoms with Gasteiger partial charge in [0.25, 0.3) is 0 Å². The van der Waals surface area contributed by atoms with Crippen molar-refractivity contribution < 1.29 is 9.59 Å². The summed E-state index contributed by atoms with van der Waals surface area (Å²) in [5.41, 5.74) is 0. The van der Waals surface area contributed by atoms with Crippen LogP contribution in [-0.4, -0.2) is 52.9 Å². The minimum Gasteiger partial charge on any atom is -0.341 e. The second-order valence-corrected chi connectivity index (χ2v) is 7.15. The highest BCUT2D eigenvalue weighted by atomic mass is 32.1. The van der Waals surface area contributed by atoms with E-state index < -0.39 is 0 Å². The quantitative estimate of drug-likeness (QED) is 0.917. The Labute approximate surface area is 140 Å². The van der Waals surface area contributed by atoms with E-state index in [2.05, 4.69) is 10.3 Å². The predicted molar refractivity (Wildman–Crippen MR) is 89.2 cm³/mol. The summed E-state index contributed by atoms with van der Waals surface area (Å²) in [6, 6.07) is -0.0808. The molecule has 126 valence electrons. The molecule has 1 aromatic heterocycles. The molecule has 2 heterocycles. The first-order valence-corrected chi connectivity index (χ1v) is 9.30. The van der Waals surface area contributed by atoms with Crippen molar-refractivity contribution in [3.05, 3.63) is 16.6 Å². The van der Waals surface area contributed by atoms with E-state index >= 15 is 0 Å². The molecule has 1 aromatic rings. The Bertz CT molecular complexity index is 544. The summed E-state index contributed by atoms with van der Waals surface area (Å²) in [5.74, 6) is 0.534. The predicted octanol–water partition coefficient (Wildman–Crippen LogP) is 2.25. The lowest BCUT2D eigenvalue weighted by Crippen LogP contribution is -2.43. The number of urea groups is 1. The fourth-order valence-electron chi connectivity index (χ4n) is 2.91. The van der Waals surface area contributed by atoms with Crippen LogP contribution in [0.15, 0.2) is 11.6 Å². The molecular formula is C16H24N4O2S. The van der Waals surface area contributed by atoms with Crippen LogP contribution < -0.4 is 5.32 Å². The highest BCUT2D eigenvalue weighted by Gasteiger charge is 2.34. The Morgan fingerprint density at radius 2 is 2.04 bits per heavy atom. The van der Waals surface area contributed by atoms with Crippen LogP contribution in [0.5, 0.6) is 0 Å². The number of hydrogen-bond acceptors (Lipinski definition) is 4. The number of nitrogens with zero attached hydrogens (tertiary/aromatic N) is 3. The third-order valence-corrected chi connectivity index (χ3v) is 5.37. The van der Waals surface area contributed by atoms with Gasteiger partial charge in [-0.2, -0.15) is 0 Å². The molecule has 1 saturated heterocycles. The van der Waals surface area contributed by atoms with Crippen LogP contribution in [0.3, 0.4) is 0 Å². The number of carbonyl (C=O) groups excluding carboxylic acids is 2. The number of aromatic nitrogens is 1. The van der Waals surface area contributed by atoms with Gasteiger partial charge in [0.15, 0.2) is 0 Å². The summed E-state index contributed by atoms with van der Waals surface area (Å²) >= 11 is 1.57. The van der Waals surface area contributed by atoms with Gasteiger partial charge in [-0.05, 0) is 25.7 Å². The molecule has 0 aromatic carbocycles. The summed E-state index contributed by atoms with van der Waals surface area (Å²) < 4.78 is 0. The SMILES string of the molecule is CC[C@@H](NC(=O)N1CCCN(C(=O)C2CC2)CC1)c1nccs1. The van der Waals surface area contributed by atoms with Crippen LogP contribution in [-0.2, 0) is 4.79 Å². The van der Waals surface area contributed by atoms with Gasteiger partial charge in [-0.1, -0.05) is 6.92 Å². The van der Waals surface area contributed by atoms with Gasteiger partial charge in [0.05, 0.1) is 6.04 Å². The molecule has 1 saturated carbocycles. The van der Waals surface area contributed by atoms with E-state index in [9.17, 15) is 9.59 Å². The molecule has 2 aliphatic rings. The molecule has 2 fully saturated rings. The smallest absolute Gasteiger partial charge is 0.318 e. The van der Waals surface area contributed by atoms with Crippen LogP contribution in [0, 0.1) is 5.92 Å². The topological polar surface area (TPSA) is 65.5 Å². The van der Waals surface area contributed by atoms with Gasteiger partial charge in [0.2, 0.25) is 5.91 Å². The molecule has 6 nitrogen and oxygen atoms in total. The maximum Gasteiger partial charge on any atom is 0.318 e. The van der Waals surface area contributed by atoms with Gasteiger partial charge in [-0.25, -0.2) is 9.78 Å². The van der Waals surface area contributed by atoms with E-state index in [1.54, 1.807) is 17.5 Å². The minimum atomic E-state index is -0.0484. The highest BCUT2D eigenvalue weighted by Crippen LogP contribution is 2.31. The van der Waals surface area contributed by atoms with Gasteiger partial charge in [-0.15, -0.1) is 11.3 Å². The number of amides is 3. The van der Waals surface area contributed by atoms with Crippen molar-refractivity contribution in [2.24, 2.45) is 5.92 Å². The zero-order valence-corrected chi connectivity index (χ0v) is 14.3. The highest BCUT2D eigenvalue weighted by molar-refractivity contribution is 7.09. The summed E-state index contributed by atoms with van der Waals surface area (Å²) in [6.07, 6.45) is 5.50. The van der Waals surface area contributed by atoms with E-state index in [1.807, 2.05) is 22.1 Å². The normalized spacial score (nSPS) is 20.0. The molecule has 0 unspecified atom stereocenters. The lowest BCUT2D eigenvalue weighted by molar-refractivity contribution is -0.132. The van der Waals surface area contributed by atoms with Crippen LogP contribution in [0.2, 0.25) is 0 Å². The number of hydrogen-bond donors (Lipinski definition) is 1. The molecule has 0 spiro atoms. The van der Waals surface area contributed by atoms with E-state index in [-0.39, 0.29) is 23.9 Å². The first-order valence-electron chi connectivity index (χ1n) is 8.42. The van der Waals surface area contributed by atoms with E-state index in [4.69, 9.17) is 0 Å². The molecule has 1 aliphatic heterocycles. The standard InChI is InChI=1S/C16H24N4O2S/c1-2-13(14-17-6-11-23-14)18-16(22)20-8-3-7-19(9-10-20)15(21)12-4-5-12/h6,11-13H,2-5,7-10H2,1H3,(H,18,22)/t13-/m1/s1. The first-order chi connectivity index (χ1) is 11.2. The molecule has 1 atom stereocenters. The monoisotopic (exact) mass is 336 g/mol. The van der Waals surface area contributed by atoms with Crippen molar-refractivity contribution in [3.8, 4) is 0 Å². The van der Waals surface area contributed by atoms with Crippen molar-refractivity contribution in [1.82, 2.24) is 20.1 Å². The minimum absolute atomic E-state index is 0.0325. The third kappa shape index (κ3) is 4.02. The second kappa shape index (κ2) is 7.29. The largest absolute Gasteiger partial charge is 0.341 e. The Morgan fingerprint density at radius 3 is 2.70 bits per heavy atom. The lowest BCUT2D eigenvalue weighted by Gasteiger charge is -2.24. The molecular weight excluding hydrogens is 312 g/mol. The molecule has 23 heavy (non-hydrogen) atoms. The molecule has 1 N–H and O–H groups in total. The fourth-order valence-corrected chi connectivity index (χ4v) is 3.69. The molecule has 7 heteroatoms. The second-order valence-electron chi connectivity index (χ2n) is 6.22. The first kappa shape index (κ1) is 16.2. The maximum absolute atomic E-state index is 12.5. The Kier molecular flexibility index (Phi) is 5.15. The van der Waals surface area contributed by atoms with Gasteiger partial charge in [0, 0.05) is 43.7 Å². The molecule has 1 aliphatic carbocycles. The molecule has 0 radical (unpaired) electrons. The van der Waals surface area contributed by atoms with Gasteiger partial charge >= 0.3 is 6.03 Å². The zero-order valence-electron chi connectivity index (χ0n) is 13.5. The van der Waals surface area contributed by atoms with Gasteiger partial charge < -0.3 is 15.1 Å². The summed E-state index contributed by atoms with van der Waals surface area (Å²) in [6.45, 7) is 4.78. The van der Waals surface area contributed by atoms with Gasteiger partial charge in [-0.3, -0.25) is 4.79 Å². The van der Waals surface area contributed by atoms with Crippen LogP contribution in [0.4, 0.5) is 4.79 Å². The number of carbonyl (C=O) groups is 2. The maximum atomic E-state index is 12.5. The molecule has 3 amide bonds. The summed E-state index contributed by atoms with van der Waals surface area (Å²) in [7, 11) is 0. The van der Waals surface area contributed by atoms with Crippen molar-refractivity contribution in [1.29, 1.82) is 0 Å². The van der Waals surface area contributed by atoms with Crippen molar-refractivity contribution in [2.45, 2.75) is 38.6 Å². The zero-order chi connectivity index (χ0) is 16.2. The number of thiazole rings is 1. The summed E-state index contributed by atoms with van der Waals surface area (Å²) in [5, 5.41) is 5.95. The van der Waals surface area contributed by atoms with Crippen molar-refractivity contribution >= 4 is 23.3 Å². The van der Waals surface area contributed by atoms with Crippen LogP contribution in [0.25, 0.3) is 0 Å². The average molecular weight is 336 g/mol. The van der Waals surface area contributed by atoms with E-state index in [0.717, 1.165) is 37.2 Å². The Morgan fingerprint density at radius 1 is 1.30 bits per heavy atom. The van der Waals surface area contributed by atoms with Crippen molar-refractivity contribution in [3.63, 3.8) is 0 Å². The van der Waals surface area contributed by atoms with Crippen LogP contribution >= 0.6 is 11.3 Å². The van der Waals surface area contributed by atoms with E-state index in [1.165, 1.54) is 0 Å². The van der Waals surface area contributed by atoms with E-state index in [0.29, 0.717) is 19.6 Å². The van der Waals surface area contributed by atoms with Crippen molar-refractivity contribution in [2.75, 3.05) is 26.2 Å². The molecule has 0 bridgehead atoms. The third-order valence-electron chi connectivity index (χ3n) is 4.48. The molecule has 3 rings (SSSR count). The van der Waals surface area contributed by atoms with Crippen LogP contribution in [0.1, 0.15) is 43.7 Å². The fraction of sp³-hybridized carbons (Fsp3) is 0.688. The Hall–Kier alpha value is -1.63. The average Bonchev–Trinajstić information content (AvgIpc) is 3.32. The lowest BCUT2D eigenvalue weighted by atomic mass is 10.2. The number of nitrogens with one attached hydrogen (secondary N) is 1. The number of rotatable bonds is 4.